The molecule has 2 heterocycles. The molecule has 0 spiro atoms. The largest absolute Gasteiger partial charge is 0.333 e. The van der Waals surface area contributed by atoms with Gasteiger partial charge in [0.15, 0.2) is 0 Å². The van der Waals surface area contributed by atoms with Crippen LogP contribution in [0.3, 0.4) is 0 Å². The third-order valence-electron chi connectivity index (χ3n) is 5.34. The van der Waals surface area contributed by atoms with Gasteiger partial charge in [0.05, 0.1) is 16.3 Å². The van der Waals surface area contributed by atoms with Gasteiger partial charge in [0.2, 0.25) is 0 Å². The average molecular weight is 386 g/mol. The number of hydrogen-bond acceptors (Lipinski definition) is 3. The predicted octanol–water partition coefficient (Wildman–Crippen LogP) is 5.33. The van der Waals surface area contributed by atoms with E-state index in [-0.39, 0.29) is 17.8 Å². The van der Waals surface area contributed by atoms with Crippen molar-refractivity contribution in [2.45, 2.75) is 58.5 Å². The molecule has 1 aromatic carbocycles. The summed E-state index contributed by atoms with van der Waals surface area (Å²) in [5.41, 5.74) is 1.67. The van der Waals surface area contributed by atoms with Crippen molar-refractivity contribution in [3.63, 3.8) is 0 Å². The zero-order valence-electron chi connectivity index (χ0n) is 15.9. The van der Waals surface area contributed by atoms with Gasteiger partial charge in [-0.05, 0) is 63.9 Å². The Balaban J connectivity index is 1.73. The molecule has 2 aromatic heterocycles. The number of fused-ring (bicyclic) bond motifs is 1. The second-order valence-corrected chi connectivity index (χ2v) is 8.58. The molecule has 0 bridgehead atoms. The fraction of sp³-hybridized carbons (Fsp3) is 0.429. The van der Waals surface area contributed by atoms with E-state index in [1.807, 2.05) is 13.0 Å². The number of halogens is 1. The van der Waals surface area contributed by atoms with Crippen molar-refractivity contribution in [3.05, 3.63) is 46.7 Å². The Kier molecular flexibility index (Phi) is 4.76. The van der Waals surface area contributed by atoms with Crippen LogP contribution in [0.2, 0.25) is 0 Å². The maximum absolute atomic E-state index is 13.3. The Bertz CT molecular complexity index is 967. The van der Waals surface area contributed by atoms with E-state index in [2.05, 4.69) is 23.8 Å². The van der Waals surface area contributed by atoms with Crippen molar-refractivity contribution in [1.29, 1.82) is 0 Å². The molecule has 0 radical (unpaired) electrons. The quantitative estimate of drug-likeness (QED) is 0.609. The molecule has 0 atom stereocenters. The third-order valence-corrected chi connectivity index (χ3v) is 6.43. The summed E-state index contributed by atoms with van der Waals surface area (Å²) in [6.07, 6.45) is 4.59. The van der Waals surface area contributed by atoms with Gasteiger partial charge in [0.25, 0.3) is 5.91 Å². The van der Waals surface area contributed by atoms with Crippen LogP contribution in [0.15, 0.2) is 30.3 Å². The minimum atomic E-state index is -0.273. The summed E-state index contributed by atoms with van der Waals surface area (Å²) < 4.78 is 15.1. The molecule has 4 nitrogen and oxygen atoms in total. The first-order chi connectivity index (χ1) is 13.0. The van der Waals surface area contributed by atoms with Crippen molar-refractivity contribution in [1.82, 2.24) is 14.7 Å². The van der Waals surface area contributed by atoms with E-state index < -0.39 is 0 Å². The molecule has 0 N–H and O–H groups in total. The van der Waals surface area contributed by atoms with Crippen LogP contribution >= 0.6 is 11.3 Å². The smallest absolute Gasteiger partial charge is 0.264 e. The molecule has 0 saturated heterocycles. The molecule has 4 rings (SSSR count). The van der Waals surface area contributed by atoms with E-state index in [0.717, 1.165) is 39.3 Å². The first-order valence-corrected chi connectivity index (χ1v) is 10.3. The van der Waals surface area contributed by atoms with Crippen molar-refractivity contribution >= 4 is 27.5 Å². The number of carbonyl (C=O) groups is 1. The lowest BCUT2D eigenvalue weighted by molar-refractivity contribution is 0.0618. The second kappa shape index (κ2) is 7.08. The van der Waals surface area contributed by atoms with Gasteiger partial charge >= 0.3 is 0 Å². The Morgan fingerprint density at radius 1 is 1.26 bits per heavy atom. The highest BCUT2D eigenvalue weighted by Crippen LogP contribution is 2.33. The highest BCUT2D eigenvalue weighted by atomic mass is 32.1. The van der Waals surface area contributed by atoms with Crippen LogP contribution in [0.1, 0.15) is 54.9 Å². The van der Waals surface area contributed by atoms with Gasteiger partial charge in [-0.1, -0.05) is 12.8 Å². The van der Waals surface area contributed by atoms with Crippen molar-refractivity contribution in [2.75, 3.05) is 0 Å². The number of benzene rings is 1. The molecule has 0 aliphatic heterocycles. The summed E-state index contributed by atoms with van der Waals surface area (Å²) in [5, 5.41) is 5.58. The van der Waals surface area contributed by atoms with E-state index in [9.17, 15) is 9.18 Å². The molecule has 27 heavy (non-hydrogen) atoms. The third kappa shape index (κ3) is 3.27. The monoisotopic (exact) mass is 385 g/mol. The zero-order chi connectivity index (χ0) is 19.1. The van der Waals surface area contributed by atoms with E-state index in [1.54, 1.807) is 16.8 Å². The first kappa shape index (κ1) is 18.2. The van der Waals surface area contributed by atoms with Gasteiger partial charge in [-0.25, -0.2) is 9.07 Å². The van der Waals surface area contributed by atoms with Crippen LogP contribution in [0.25, 0.3) is 15.9 Å². The number of amides is 1. The summed E-state index contributed by atoms with van der Waals surface area (Å²) in [6.45, 7) is 6.13. The van der Waals surface area contributed by atoms with Gasteiger partial charge < -0.3 is 4.90 Å². The number of aromatic nitrogens is 2. The maximum atomic E-state index is 13.3. The summed E-state index contributed by atoms with van der Waals surface area (Å²) in [5.74, 6) is -0.159. The minimum Gasteiger partial charge on any atom is -0.333 e. The molecule has 1 fully saturated rings. The topological polar surface area (TPSA) is 38.1 Å². The van der Waals surface area contributed by atoms with E-state index in [0.29, 0.717) is 6.04 Å². The number of carbonyl (C=O) groups excluding carboxylic acids is 1. The van der Waals surface area contributed by atoms with Crippen molar-refractivity contribution in [3.8, 4) is 5.69 Å². The second-order valence-electron chi connectivity index (χ2n) is 7.55. The first-order valence-electron chi connectivity index (χ1n) is 9.53. The van der Waals surface area contributed by atoms with E-state index in [4.69, 9.17) is 0 Å². The fourth-order valence-electron chi connectivity index (χ4n) is 4.04. The summed E-state index contributed by atoms with van der Waals surface area (Å²) in [4.78, 5) is 17.0. The lowest BCUT2D eigenvalue weighted by Gasteiger charge is -2.32. The van der Waals surface area contributed by atoms with Crippen LogP contribution in [-0.2, 0) is 0 Å². The summed E-state index contributed by atoms with van der Waals surface area (Å²) >= 11 is 1.47. The Morgan fingerprint density at radius 3 is 2.56 bits per heavy atom. The zero-order valence-corrected chi connectivity index (χ0v) is 16.7. The van der Waals surface area contributed by atoms with Gasteiger partial charge in [0, 0.05) is 17.5 Å². The molecule has 1 saturated carbocycles. The number of aryl methyl sites for hydroxylation is 1. The van der Waals surface area contributed by atoms with Crippen LogP contribution < -0.4 is 0 Å². The minimum absolute atomic E-state index is 0.114. The maximum Gasteiger partial charge on any atom is 0.264 e. The standard InChI is InChI=1S/C21H24FN3OS/c1-13(2)24(16-6-4-5-7-16)20(26)19-12-18-14(3)23-25(21(18)27-19)17-10-8-15(22)9-11-17/h8-13,16H,4-7H2,1-3H3. The SMILES string of the molecule is Cc1nn(-c2ccc(F)cc2)c2sc(C(=O)N(C(C)C)C3CCCC3)cc12. The number of hydrogen-bond donors (Lipinski definition) is 0. The van der Waals surface area contributed by atoms with Crippen LogP contribution in [0.5, 0.6) is 0 Å². The van der Waals surface area contributed by atoms with Gasteiger partial charge in [-0.2, -0.15) is 5.10 Å². The van der Waals surface area contributed by atoms with Crippen LogP contribution in [-0.4, -0.2) is 32.7 Å². The van der Waals surface area contributed by atoms with Gasteiger partial charge in [-0.15, -0.1) is 11.3 Å². The summed E-state index contributed by atoms with van der Waals surface area (Å²) in [7, 11) is 0. The molecule has 6 heteroatoms. The molecule has 0 unspecified atom stereocenters. The van der Waals surface area contributed by atoms with Crippen molar-refractivity contribution in [2.24, 2.45) is 0 Å². The molecule has 1 aliphatic carbocycles. The Hall–Kier alpha value is -2.21. The normalized spacial score (nSPS) is 15.1. The van der Waals surface area contributed by atoms with Crippen molar-refractivity contribution < 1.29 is 9.18 Å². The Labute approximate surface area is 162 Å². The average Bonchev–Trinajstić information content (AvgIpc) is 3.34. The highest BCUT2D eigenvalue weighted by Gasteiger charge is 2.31. The molecule has 1 amide bonds. The molecular formula is C21H24FN3OS. The highest BCUT2D eigenvalue weighted by molar-refractivity contribution is 7.20. The van der Waals surface area contributed by atoms with Gasteiger partial charge in [-0.3, -0.25) is 4.79 Å². The van der Waals surface area contributed by atoms with E-state index >= 15 is 0 Å². The fourth-order valence-corrected chi connectivity index (χ4v) is 5.17. The van der Waals surface area contributed by atoms with Gasteiger partial charge in [0.1, 0.15) is 10.6 Å². The molecular weight excluding hydrogens is 361 g/mol. The van der Waals surface area contributed by atoms with Crippen LogP contribution in [0.4, 0.5) is 4.39 Å². The lowest BCUT2D eigenvalue weighted by Crippen LogP contribution is -2.43. The number of rotatable bonds is 4. The summed E-state index contributed by atoms with van der Waals surface area (Å²) in [6, 6.07) is 8.77. The number of thiophene rings is 1. The van der Waals surface area contributed by atoms with E-state index in [1.165, 1.54) is 36.3 Å². The molecule has 3 aromatic rings. The Morgan fingerprint density at radius 2 is 1.93 bits per heavy atom. The lowest BCUT2D eigenvalue weighted by atomic mass is 10.1. The molecule has 142 valence electrons. The predicted molar refractivity (Wildman–Crippen MR) is 107 cm³/mol. The van der Waals surface area contributed by atoms with Crippen LogP contribution in [0, 0.1) is 12.7 Å². The number of nitrogens with zero attached hydrogens (tertiary/aromatic N) is 3. The molecule has 1 aliphatic rings.